The van der Waals surface area contributed by atoms with Crippen molar-refractivity contribution < 1.29 is 24.1 Å². The number of carbonyl (C=O) groups is 4. The van der Waals surface area contributed by atoms with Gasteiger partial charge in [0.25, 0.3) is 17.5 Å². The van der Waals surface area contributed by atoms with Crippen LogP contribution in [0.3, 0.4) is 0 Å². The summed E-state index contributed by atoms with van der Waals surface area (Å²) in [7, 11) is 0. The first-order valence-corrected chi connectivity index (χ1v) is 9.21. The molecule has 0 spiro atoms. The number of nitrogens with two attached hydrogens (primary N) is 1. The van der Waals surface area contributed by atoms with E-state index >= 15 is 0 Å². The highest BCUT2D eigenvalue weighted by Crippen LogP contribution is 2.31. The lowest BCUT2D eigenvalue weighted by Gasteiger charge is -2.15. The van der Waals surface area contributed by atoms with Gasteiger partial charge in [0.1, 0.15) is 12.1 Å². The van der Waals surface area contributed by atoms with Crippen LogP contribution in [0, 0.1) is 10.1 Å². The monoisotopic (exact) mass is 414 g/mol. The highest BCUT2D eigenvalue weighted by molar-refractivity contribution is 8.00. The molecule has 0 aliphatic carbocycles. The number of para-hydroxylation sites is 1. The minimum atomic E-state index is -0.899. The summed E-state index contributed by atoms with van der Waals surface area (Å²) in [6.07, 6.45) is 0. The fourth-order valence-corrected chi connectivity index (χ4v) is 3.54. The van der Waals surface area contributed by atoms with Crippen molar-refractivity contribution in [3.05, 3.63) is 63.7 Å². The van der Waals surface area contributed by atoms with Crippen molar-refractivity contribution in [2.75, 3.05) is 17.6 Å². The average Bonchev–Trinajstić information content (AvgIpc) is 2.92. The van der Waals surface area contributed by atoms with Crippen LogP contribution in [-0.4, -0.2) is 45.7 Å². The van der Waals surface area contributed by atoms with E-state index in [0.717, 1.165) is 17.8 Å². The Labute approximate surface area is 168 Å². The van der Waals surface area contributed by atoms with Gasteiger partial charge in [-0.15, -0.1) is 11.8 Å². The first kappa shape index (κ1) is 20.0. The highest BCUT2D eigenvalue weighted by Gasteiger charge is 2.41. The van der Waals surface area contributed by atoms with Gasteiger partial charge in [0, 0.05) is 11.0 Å². The maximum absolute atomic E-state index is 12.5. The Morgan fingerprint density at radius 2 is 1.83 bits per heavy atom. The lowest BCUT2D eigenvalue weighted by atomic mass is 10.1. The van der Waals surface area contributed by atoms with Gasteiger partial charge in [-0.2, -0.15) is 0 Å². The lowest BCUT2D eigenvalue weighted by Crippen LogP contribution is -2.37. The summed E-state index contributed by atoms with van der Waals surface area (Å²) in [4.78, 5) is 60.0. The molecule has 1 aliphatic heterocycles. The predicted molar refractivity (Wildman–Crippen MR) is 103 cm³/mol. The van der Waals surface area contributed by atoms with Crippen LogP contribution >= 0.6 is 11.8 Å². The SMILES string of the molecule is NC(=O)CSc1ccccc1NC(=O)CN1C(=O)c2cccc([N+](=O)[O-])c2C1=O. The third kappa shape index (κ3) is 4.09. The molecule has 0 saturated heterocycles. The van der Waals surface area contributed by atoms with E-state index in [1.807, 2.05) is 0 Å². The van der Waals surface area contributed by atoms with Crippen LogP contribution in [0.2, 0.25) is 0 Å². The molecule has 0 unspecified atom stereocenters. The zero-order chi connectivity index (χ0) is 21.1. The van der Waals surface area contributed by atoms with Crippen molar-refractivity contribution in [1.82, 2.24) is 4.90 Å². The van der Waals surface area contributed by atoms with Crippen molar-refractivity contribution in [2.24, 2.45) is 5.73 Å². The molecule has 1 aliphatic rings. The topological polar surface area (TPSA) is 153 Å². The standard InChI is InChI=1S/C18H14N4O6S/c19-14(23)9-29-13-7-2-1-5-11(13)20-15(24)8-21-17(25)10-4-3-6-12(22(27)28)16(10)18(21)26/h1-7H,8-9H2,(H2,19,23)(H,20,24). The van der Waals surface area contributed by atoms with E-state index in [0.29, 0.717) is 15.5 Å². The maximum atomic E-state index is 12.5. The van der Waals surface area contributed by atoms with Crippen molar-refractivity contribution in [1.29, 1.82) is 0 Å². The van der Waals surface area contributed by atoms with Crippen LogP contribution in [0.4, 0.5) is 11.4 Å². The van der Waals surface area contributed by atoms with E-state index in [-0.39, 0.29) is 16.9 Å². The largest absolute Gasteiger partial charge is 0.369 e. The van der Waals surface area contributed by atoms with Crippen LogP contribution < -0.4 is 11.1 Å². The quantitative estimate of drug-likeness (QED) is 0.300. The van der Waals surface area contributed by atoms with Gasteiger partial charge in [0.05, 0.1) is 21.9 Å². The summed E-state index contributed by atoms with van der Waals surface area (Å²) in [5.74, 6) is -2.86. The molecular formula is C18H14N4O6S. The number of benzene rings is 2. The van der Waals surface area contributed by atoms with Crippen molar-refractivity contribution in [2.45, 2.75) is 4.90 Å². The van der Waals surface area contributed by atoms with Gasteiger partial charge >= 0.3 is 0 Å². The number of nitro groups is 1. The van der Waals surface area contributed by atoms with E-state index in [1.165, 1.54) is 12.1 Å². The number of carbonyl (C=O) groups excluding carboxylic acids is 4. The number of hydrogen-bond donors (Lipinski definition) is 2. The lowest BCUT2D eigenvalue weighted by molar-refractivity contribution is -0.385. The molecule has 0 saturated carbocycles. The molecule has 10 nitrogen and oxygen atoms in total. The van der Waals surface area contributed by atoms with Crippen LogP contribution in [0.15, 0.2) is 47.4 Å². The van der Waals surface area contributed by atoms with Gasteiger partial charge in [-0.05, 0) is 18.2 Å². The summed E-state index contributed by atoms with van der Waals surface area (Å²) < 4.78 is 0. The van der Waals surface area contributed by atoms with Crippen molar-refractivity contribution >= 4 is 46.8 Å². The summed E-state index contributed by atoms with van der Waals surface area (Å²) in [5, 5.41) is 13.7. The number of imide groups is 1. The van der Waals surface area contributed by atoms with Crippen LogP contribution in [0.25, 0.3) is 0 Å². The molecule has 11 heteroatoms. The molecule has 1 heterocycles. The van der Waals surface area contributed by atoms with Crippen LogP contribution in [0.5, 0.6) is 0 Å². The molecular weight excluding hydrogens is 400 g/mol. The molecule has 0 aromatic heterocycles. The molecule has 3 rings (SSSR count). The number of nitrogens with one attached hydrogen (secondary N) is 1. The Hall–Kier alpha value is -3.73. The molecule has 0 atom stereocenters. The van der Waals surface area contributed by atoms with E-state index in [1.54, 1.807) is 24.3 Å². The van der Waals surface area contributed by atoms with Gasteiger partial charge in [-0.1, -0.05) is 18.2 Å². The minimum absolute atomic E-state index is 0.00889. The summed E-state index contributed by atoms with van der Waals surface area (Å²) in [6.45, 7) is -0.613. The number of nitrogens with zero attached hydrogens (tertiary/aromatic N) is 2. The van der Waals surface area contributed by atoms with Crippen molar-refractivity contribution in [3.8, 4) is 0 Å². The van der Waals surface area contributed by atoms with Crippen LogP contribution in [-0.2, 0) is 9.59 Å². The smallest absolute Gasteiger partial charge is 0.282 e. The average molecular weight is 414 g/mol. The number of fused-ring (bicyclic) bond motifs is 1. The summed E-state index contributed by atoms with van der Waals surface area (Å²) in [6, 6.07) is 10.4. The molecule has 0 radical (unpaired) electrons. The summed E-state index contributed by atoms with van der Waals surface area (Å²) in [5.41, 5.74) is 4.58. The number of amides is 4. The molecule has 2 aromatic rings. The number of hydrogen-bond acceptors (Lipinski definition) is 7. The Kier molecular flexibility index (Phi) is 5.59. The Bertz CT molecular complexity index is 1050. The molecule has 4 amide bonds. The second-order valence-corrected chi connectivity index (χ2v) is 6.97. The molecule has 148 valence electrons. The van der Waals surface area contributed by atoms with Crippen LogP contribution in [0.1, 0.15) is 20.7 Å². The Balaban J connectivity index is 1.77. The number of primary amides is 1. The third-order valence-corrected chi connectivity index (χ3v) is 5.10. The summed E-state index contributed by atoms with van der Waals surface area (Å²) >= 11 is 1.12. The van der Waals surface area contributed by atoms with Gasteiger partial charge in [-0.3, -0.25) is 34.2 Å². The van der Waals surface area contributed by atoms with Crippen molar-refractivity contribution in [3.63, 3.8) is 0 Å². The molecule has 29 heavy (non-hydrogen) atoms. The molecule has 2 aromatic carbocycles. The number of nitro benzene ring substituents is 1. The fourth-order valence-electron chi connectivity index (χ4n) is 2.79. The Morgan fingerprint density at radius 3 is 2.52 bits per heavy atom. The van der Waals surface area contributed by atoms with E-state index < -0.39 is 40.8 Å². The highest BCUT2D eigenvalue weighted by atomic mass is 32.2. The first-order chi connectivity index (χ1) is 13.8. The van der Waals surface area contributed by atoms with Gasteiger partial charge < -0.3 is 11.1 Å². The van der Waals surface area contributed by atoms with E-state index in [2.05, 4.69) is 5.32 Å². The maximum Gasteiger partial charge on any atom is 0.282 e. The van der Waals surface area contributed by atoms with Gasteiger partial charge in [0.2, 0.25) is 11.8 Å². The Morgan fingerprint density at radius 1 is 1.10 bits per heavy atom. The number of anilines is 1. The fraction of sp³-hybridized carbons (Fsp3) is 0.111. The predicted octanol–water partition coefficient (Wildman–Crippen LogP) is 1.41. The normalized spacial score (nSPS) is 12.6. The number of thioether (sulfide) groups is 1. The first-order valence-electron chi connectivity index (χ1n) is 8.23. The van der Waals surface area contributed by atoms with E-state index in [4.69, 9.17) is 5.73 Å². The number of rotatable bonds is 7. The van der Waals surface area contributed by atoms with E-state index in [9.17, 15) is 29.3 Å². The third-order valence-electron chi connectivity index (χ3n) is 4.01. The minimum Gasteiger partial charge on any atom is -0.369 e. The second kappa shape index (κ2) is 8.10. The van der Waals surface area contributed by atoms with Gasteiger partial charge in [0.15, 0.2) is 0 Å². The molecule has 0 bridgehead atoms. The molecule has 0 fully saturated rings. The molecule has 3 N–H and O–H groups in total. The second-order valence-electron chi connectivity index (χ2n) is 5.95. The zero-order valence-electron chi connectivity index (χ0n) is 14.8. The van der Waals surface area contributed by atoms with Gasteiger partial charge in [-0.25, -0.2) is 0 Å². The zero-order valence-corrected chi connectivity index (χ0v) is 15.6.